The SMILES string of the molecule is Cc1cc(Oc2ncccn2)ccc1NC(=O)C1=NO[C@H](c2ccccc2)C1. The fourth-order valence-corrected chi connectivity index (χ4v) is 2.84. The maximum Gasteiger partial charge on any atom is 0.321 e. The predicted octanol–water partition coefficient (Wildman–Crippen LogP) is 4.03. The zero-order valence-corrected chi connectivity index (χ0v) is 15.2. The van der Waals surface area contributed by atoms with Gasteiger partial charge >= 0.3 is 6.01 Å². The number of carbonyl (C=O) groups excluding carboxylic acids is 1. The summed E-state index contributed by atoms with van der Waals surface area (Å²) in [7, 11) is 0. The van der Waals surface area contributed by atoms with Crippen molar-refractivity contribution >= 4 is 17.3 Å². The number of nitrogens with one attached hydrogen (secondary N) is 1. The molecule has 1 amide bonds. The summed E-state index contributed by atoms with van der Waals surface area (Å²) in [5, 5.41) is 6.83. The van der Waals surface area contributed by atoms with Gasteiger partial charge in [-0.15, -0.1) is 0 Å². The first kappa shape index (κ1) is 17.7. The second kappa shape index (κ2) is 7.87. The Kier molecular flexibility index (Phi) is 4.97. The average Bonchev–Trinajstić information content (AvgIpc) is 3.22. The van der Waals surface area contributed by atoms with Crippen LogP contribution in [0.15, 0.2) is 72.1 Å². The highest BCUT2D eigenvalue weighted by Gasteiger charge is 2.27. The Balaban J connectivity index is 1.39. The summed E-state index contributed by atoms with van der Waals surface area (Å²) in [6.45, 7) is 1.88. The molecule has 0 spiro atoms. The maximum atomic E-state index is 12.5. The van der Waals surface area contributed by atoms with E-state index in [-0.39, 0.29) is 18.0 Å². The molecule has 4 rings (SSSR count). The first-order valence-electron chi connectivity index (χ1n) is 8.83. The summed E-state index contributed by atoms with van der Waals surface area (Å²) in [5.74, 6) is 0.314. The van der Waals surface area contributed by atoms with Crippen molar-refractivity contribution in [1.82, 2.24) is 9.97 Å². The monoisotopic (exact) mass is 374 g/mol. The predicted molar refractivity (Wildman–Crippen MR) is 104 cm³/mol. The summed E-state index contributed by atoms with van der Waals surface area (Å²) in [5.41, 5.74) is 2.89. The van der Waals surface area contributed by atoms with E-state index in [1.807, 2.05) is 43.3 Å². The van der Waals surface area contributed by atoms with Crippen molar-refractivity contribution in [1.29, 1.82) is 0 Å². The minimum Gasteiger partial charge on any atom is -0.424 e. The minimum atomic E-state index is -0.276. The molecule has 2 heterocycles. The summed E-state index contributed by atoms with van der Waals surface area (Å²) >= 11 is 0. The number of oxime groups is 1. The summed E-state index contributed by atoms with van der Waals surface area (Å²) in [6, 6.07) is 17.0. The average molecular weight is 374 g/mol. The number of ether oxygens (including phenoxy) is 1. The van der Waals surface area contributed by atoms with Gasteiger partial charge in [-0.2, -0.15) is 0 Å². The van der Waals surface area contributed by atoms with E-state index >= 15 is 0 Å². The number of hydrogen-bond acceptors (Lipinski definition) is 6. The molecule has 0 aliphatic carbocycles. The number of benzene rings is 2. The van der Waals surface area contributed by atoms with Crippen molar-refractivity contribution in [2.45, 2.75) is 19.4 Å². The third-order valence-corrected chi connectivity index (χ3v) is 4.30. The molecular formula is C21H18N4O3. The number of amides is 1. The van der Waals surface area contributed by atoms with Crippen LogP contribution in [0.2, 0.25) is 0 Å². The van der Waals surface area contributed by atoms with Gasteiger partial charge in [0.15, 0.2) is 6.10 Å². The Morgan fingerprint density at radius 3 is 2.64 bits per heavy atom. The maximum absolute atomic E-state index is 12.5. The van der Waals surface area contributed by atoms with Gasteiger partial charge in [-0.05, 0) is 42.3 Å². The van der Waals surface area contributed by atoms with Crippen LogP contribution < -0.4 is 10.1 Å². The quantitative estimate of drug-likeness (QED) is 0.729. The number of carbonyl (C=O) groups is 1. The normalized spacial score (nSPS) is 15.5. The third-order valence-electron chi connectivity index (χ3n) is 4.30. The standard InChI is InChI=1S/C21H18N4O3/c1-14-12-16(27-21-22-10-5-11-23-21)8-9-17(14)24-20(26)18-13-19(28-25-18)15-6-3-2-4-7-15/h2-12,19H,13H2,1H3,(H,24,26)/t19-/m0/s1. The number of aromatic nitrogens is 2. The lowest BCUT2D eigenvalue weighted by atomic mass is 10.0. The van der Waals surface area contributed by atoms with E-state index in [0.29, 0.717) is 23.6 Å². The van der Waals surface area contributed by atoms with Crippen LogP contribution in [0.5, 0.6) is 11.8 Å². The molecule has 0 saturated heterocycles. The van der Waals surface area contributed by atoms with Crippen molar-refractivity contribution in [2.75, 3.05) is 5.32 Å². The number of anilines is 1. The lowest BCUT2D eigenvalue weighted by Crippen LogP contribution is -2.22. The van der Waals surface area contributed by atoms with Crippen LogP contribution in [-0.4, -0.2) is 21.6 Å². The topological polar surface area (TPSA) is 85.7 Å². The van der Waals surface area contributed by atoms with Crippen molar-refractivity contribution < 1.29 is 14.4 Å². The summed E-state index contributed by atoms with van der Waals surface area (Å²) in [6.07, 6.45) is 3.42. The molecule has 1 aliphatic heterocycles. The van der Waals surface area contributed by atoms with Crippen molar-refractivity contribution in [3.63, 3.8) is 0 Å². The van der Waals surface area contributed by atoms with E-state index in [4.69, 9.17) is 9.57 Å². The van der Waals surface area contributed by atoms with Gasteiger partial charge in [-0.1, -0.05) is 35.5 Å². The van der Waals surface area contributed by atoms with Crippen LogP contribution in [0.3, 0.4) is 0 Å². The molecule has 3 aromatic rings. The Bertz CT molecular complexity index is 1010. The molecule has 0 saturated carbocycles. The lowest BCUT2D eigenvalue weighted by Gasteiger charge is -2.10. The van der Waals surface area contributed by atoms with Crippen LogP contribution in [0.25, 0.3) is 0 Å². The Labute approximate surface area is 162 Å². The largest absolute Gasteiger partial charge is 0.424 e. The first-order valence-corrected chi connectivity index (χ1v) is 8.83. The minimum absolute atomic E-state index is 0.232. The lowest BCUT2D eigenvalue weighted by molar-refractivity contribution is -0.110. The second-order valence-corrected chi connectivity index (χ2v) is 6.31. The van der Waals surface area contributed by atoms with E-state index in [1.54, 1.807) is 30.6 Å². The van der Waals surface area contributed by atoms with Gasteiger partial charge in [0.25, 0.3) is 5.91 Å². The smallest absolute Gasteiger partial charge is 0.321 e. The number of hydrogen-bond donors (Lipinski definition) is 1. The van der Waals surface area contributed by atoms with Crippen LogP contribution in [0, 0.1) is 6.92 Å². The highest BCUT2D eigenvalue weighted by Crippen LogP contribution is 2.28. The molecule has 7 nitrogen and oxygen atoms in total. The molecule has 0 unspecified atom stereocenters. The fraction of sp³-hybridized carbons (Fsp3) is 0.143. The van der Waals surface area contributed by atoms with Gasteiger partial charge in [0.1, 0.15) is 11.5 Å². The highest BCUT2D eigenvalue weighted by molar-refractivity contribution is 6.43. The highest BCUT2D eigenvalue weighted by atomic mass is 16.6. The van der Waals surface area contributed by atoms with E-state index in [2.05, 4.69) is 20.4 Å². The molecule has 1 aromatic heterocycles. The molecule has 7 heteroatoms. The van der Waals surface area contributed by atoms with Gasteiger partial charge in [-0.25, -0.2) is 9.97 Å². The Morgan fingerprint density at radius 2 is 1.89 bits per heavy atom. The summed E-state index contributed by atoms with van der Waals surface area (Å²) < 4.78 is 5.60. The molecule has 140 valence electrons. The molecule has 1 atom stereocenters. The van der Waals surface area contributed by atoms with Crippen molar-refractivity contribution in [3.05, 3.63) is 78.1 Å². The van der Waals surface area contributed by atoms with E-state index < -0.39 is 0 Å². The van der Waals surface area contributed by atoms with Crippen LogP contribution in [0.4, 0.5) is 5.69 Å². The first-order chi connectivity index (χ1) is 13.7. The molecule has 2 aromatic carbocycles. The zero-order valence-electron chi connectivity index (χ0n) is 15.2. The molecule has 0 radical (unpaired) electrons. The van der Waals surface area contributed by atoms with Gasteiger partial charge < -0.3 is 14.9 Å². The van der Waals surface area contributed by atoms with Gasteiger partial charge in [0.2, 0.25) is 0 Å². The second-order valence-electron chi connectivity index (χ2n) is 6.31. The number of aryl methyl sites for hydroxylation is 1. The van der Waals surface area contributed by atoms with Crippen LogP contribution in [0.1, 0.15) is 23.7 Å². The molecule has 1 aliphatic rings. The molecule has 0 fully saturated rings. The van der Waals surface area contributed by atoms with Crippen LogP contribution in [-0.2, 0) is 9.63 Å². The van der Waals surface area contributed by atoms with Crippen molar-refractivity contribution in [3.8, 4) is 11.8 Å². The van der Waals surface area contributed by atoms with E-state index in [9.17, 15) is 4.79 Å². The van der Waals surface area contributed by atoms with E-state index in [1.165, 1.54) is 0 Å². The Morgan fingerprint density at radius 1 is 1.11 bits per heavy atom. The van der Waals surface area contributed by atoms with Gasteiger partial charge in [0.05, 0.1) is 0 Å². The van der Waals surface area contributed by atoms with Gasteiger partial charge in [-0.3, -0.25) is 4.79 Å². The molecule has 0 bridgehead atoms. The van der Waals surface area contributed by atoms with Gasteiger partial charge in [0, 0.05) is 24.5 Å². The number of nitrogens with zero attached hydrogens (tertiary/aromatic N) is 3. The molecule has 28 heavy (non-hydrogen) atoms. The fourth-order valence-electron chi connectivity index (χ4n) is 2.84. The molecule has 1 N–H and O–H groups in total. The van der Waals surface area contributed by atoms with Crippen molar-refractivity contribution in [2.24, 2.45) is 5.16 Å². The summed E-state index contributed by atoms with van der Waals surface area (Å²) in [4.78, 5) is 26.0. The molecular weight excluding hydrogens is 356 g/mol. The number of rotatable bonds is 5. The van der Waals surface area contributed by atoms with Crippen LogP contribution >= 0.6 is 0 Å². The van der Waals surface area contributed by atoms with E-state index in [0.717, 1.165) is 11.1 Å². The Hall–Kier alpha value is -3.74. The third kappa shape index (κ3) is 3.98. The zero-order chi connectivity index (χ0) is 19.3.